The van der Waals surface area contributed by atoms with Gasteiger partial charge in [-0.1, -0.05) is 12.1 Å². The van der Waals surface area contributed by atoms with Gasteiger partial charge in [0.2, 0.25) is 0 Å². The summed E-state index contributed by atoms with van der Waals surface area (Å²) in [7, 11) is 0. The molecule has 0 radical (unpaired) electrons. The van der Waals surface area contributed by atoms with Crippen molar-refractivity contribution in [2.24, 2.45) is 10.7 Å². The Bertz CT molecular complexity index is 1060. The van der Waals surface area contributed by atoms with Crippen LogP contribution in [0.25, 0.3) is 0 Å². The second kappa shape index (κ2) is 11.7. The molecule has 0 unspecified atom stereocenters. The van der Waals surface area contributed by atoms with E-state index in [9.17, 15) is 9.18 Å². The van der Waals surface area contributed by atoms with Gasteiger partial charge in [-0.25, -0.2) is 9.38 Å². The molecule has 0 saturated carbocycles. The average molecular weight is 563 g/mol. The lowest BCUT2D eigenvalue weighted by molar-refractivity contribution is 0.0948. The number of benzene rings is 2. The average Bonchev–Trinajstić information content (AvgIpc) is 3.35. The van der Waals surface area contributed by atoms with Crippen LogP contribution in [-0.4, -0.2) is 42.9 Å². The van der Waals surface area contributed by atoms with Crippen LogP contribution >= 0.6 is 24.0 Å². The number of nitrogens with two attached hydrogens (primary N) is 1. The van der Waals surface area contributed by atoms with Gasteiger partial charge < -0.3 is 25.3 Å². The molecule has 9 heteroatoms. The molecule has 33 heavy (non-hydrogen) atoms. The Morgan fingerprint density at radius 1 is 1.06 bits per heavy atom. The molecule has 0 bridgehead atoms. The lowest BCUT2D eigenvalue weighted by atomic mass is 10.1. The lowest BCUT2D eigenvalue weighted by Crippen LogP contribution is -2.51. The molecule has 2 heterocycles. The molecule has 174 valence electrons. The summed E-state index contributed by atoms with van der Waals surface area (Å²) in [4.78, 5) is 21.2. The second-order valence-corrected chi connectivity index (χ2v) is 7.59. The Kier molecular flexibility index (Phi) is 8.70. The summed E-state index contributed by atoms with van der Waals surface area (Å²) in [6.07, 6.45) is 1.58. The predicted molar refractivity (Wildman–Crippen MR) is 137 cm³/mol. The Hall–Kier alpha value is -3.08. The van der Waals surface area contributed by atoms with Crippen LogP contribution in [0.15, 0.2) is 76.3 Å². The molecular weight excluding hydrogens is 536 g/mol. The Morgan fingerprint density at radius 3 is 2.52 bits per heavy atom. The van der Waals surface area contributed by atoms with E-state index in [4.69, 9.17) is 10.2 Å². The zero-order valence-corrected chi connectivity index (χ0v) is 20.4. The highest BCUT2D eigenvalue weighted by atomic mass is 127. The molecule has 3 N–H and O–H groups in total. The van der Waals surface area contributed by atoms with Crippen LogP contribution in [-0.2, 0) is 13.1 Å². The minimum atomic E-state index is -0.233. The maximum Gasteiger partial charge on any atom is 0.251 e. The van der Waals surface area contributed by atoms with E-state index in [0.717, 1.165) is 37.4 Å². The third-order valence-electron chi connectivity index (χ3n) is 5.41. The zero-order chi connectivity index (χ0) is 22.3. The van der Waals surface area contributed by atoms with Crippen molar-refractivity contribution in [1.82, 2.24) is 10.2 Å². The molecule has 3 aromatic rings. The number of rotatable bonds is 6. The molecule has 1 fully saturated rings. The first-order valence-electron chi connectivity index (χ1n) is 10.5. The van der Waals surface area contributed by atoms with Gasteiger partial charge in [0, 0.05) is 37.4 Å². The van der Waals surface area contributed by atoms with Crippen molar-refractivity contribution in [2.75, 3.05) is 31.1 Å². The van der Waals surface area contributed by atoms with Crippen LogP contribution in [0, 0.1) is 5.82 Å². The van der Waals surface area contributed by atoms with Gasteiger partial charge >= 0.3 is 0 Å². The van der Waals surface area contributed by atoms with Crippen LogP contribution in [0.2, 0.25) is 0 Å². The van der Waals surface area contributed by atoms with Gasteiger partial charge in [0.1, 0.15) is 11.6 Å². The molecule has 2 aromatic carbocycles. The number of nitrogens with one attached hydrogen (secondary N) is 1. The number of guanidine groups is 1. The smallest absolute Gasteiger partial charge is 0.251 e. The van der Waals surface area contributed by atoms with E-state index in [-0.39, 0.29) is 35.7 Å². The second-order valence-electron chi connectivity index (χ2n) is 7.59. The van der Waals surface area contributed by atoms with E-state index >= 15 is 0 Å². The largest absolute Gasteiger partial charge is 0.467 e. The molecule has 0 atom stereocenters. The third-order valence-corrected chi connectivity index (χ3v) is 5.41. The van der Waals surface area contributed by atoms with Crippen molar-refractivity contribution in [3.8, 4) is 0 Å². The van der Waals surface area contributed by atoms with Crippen molar-refractivity contribution >= 4 is 41.5 Å². The maximum absolute atomic E-state index is 13.1. The number of furan rings is 1. The van der Waals surface area contributed by atoms with E-state index in [1.807, 2.05) is 29.2 Å². The molecule has 1 aliphatic heterocycles. The minimum Gasteiger partial charge on any atom is -0.467 e. The summed E-state index contributed by atoms with van der Waals surface area (Å²) in [6.45, 7) is 3.78. The van der Waals surface area contributed by atoms with Gasteiger partial charge in [-0.15, -0.1) is 24.0 Å². The summed E-state index contributed by atoms with van der Waals surface area (Å²) < 4.78 is 18.4. The number of hydrogen-bond acceptors (Lipinski definition) is 4. The number of amides is 1. The molecule has 1 aliphatic rings. The first-order chi connectivity index (χ1) is 15.6. The van der Waals surface area contributed by atoms with Gasteiger partial charge in [-0.3, -0.25) is 4.79 Å². The zero-order valence-electron chi connectivity index (χ0n) is 18.1. The number of carbonyl (C=O) groups is 1. The fourth-order valence-electron chi connectivity index (χ4n) is 3.61. The van der Waals surface area contributed by atoms with Crippen LogP contribution in [0.5, 0.6) is 0 Å². The summed E-state index contributed by atoms with van der Waals surface area (Å²) in [5.74, 6) is 0.780. The molecule has 1 amide bonds. The highest BCUT2D eigenvalue weighted by Crippen LogP contribution is 2.17. The minimum absolute atomic E-state index is 0. The molecule has 0 spiro atoms. The topological polar surface area (TPSA) is 87.1 Å². The first kappa shape index (κ1) is 24.6. The van der Waals surface area contributed by atoms with E-state index in [2.05, 4.69) is 15.2 Å². The number of aliphatic imine (C=N–C) groups is 1. The SMILES string of the molecule is I.NC(=NCc1cccc(C(=O)NCc2ccco2)c1)N1CCN(c2ccc(F)cc2)CC1. The molecule has 1 aromatic heterocycles. The molecular formula is C24H27FIN5O2. The van der Waals surface area contributed by atoms with E-state index in [1.165, 1.54) is 12.1 Å². The van der Waals surface area contributed by atoms with E-state index in [1.54, 1.807) is 30.5 Å². The van der Waals surface area contributed by atoms with Gasteiger partial charge in [-0.2, -0.15) is 0 Å². The first-order valence-corrected chi connectivity index (χ1v) is 10.5. The number of halogens is 2. The Labute approximate surface area is 209 Å². The quantitative estimate of drug-likeness (QED) is 0.272. The van der Waals surface area contributed by atoms with Gasteiger partial charge in [-0.05, 0) is 54.1 Å². The third kappa shape index (κ3) is 6.70. The van der Waals surface area contributed by atoms with Gasteiger partial charge in [0.05, 0.1) is 19.4 Å². The Balaban J connectivity index is 0.00000306. The van der Waals surface area contributed by atoms with E-state index < -0.39 is 0 Å². The molecule has 0 aliphatic carbocycles. The Morgan fingerprint density at radius 2 is 1.82 bits per heavy atom. The summed E-state index contributed by atoms with van der Waals surface area (Å²) in [6, 6.07) is 17.5. The molecule has 1 saturated heterocycles. The van der Waals surface area contributed by atoms with E-state index in [0.29, 0.717) is 30.4 Å². The van der Waals surface area contributed by atoms with Crippen LogP contribution in [0.3, 0.4) is 0 Å². The lowest BCUT2D eigenvalue weighted by Gasteiger charge is -2.36. The fourth-order valence-corrected chi connectivity index (χ4v) is 3.61. The number of hydrogen-bond donors (Lipinski definition) is 2. The van der Waals surface area contributed by atoms with Crippen LogP contribution < -0.4 is 16.0 Å². The fraction of sp³-hybridized carbons (Fsp3) is 0.250. The molecule has 7 nitrogen and oxygen atoms in total. The highest BCUT2D eigenvalue weighted by Gasteiger charge is 2.18. The highest BCUT2D eigenvalue weighted by molar-refractivity contribution is 14.0. The summed E-state index contributed by atoms with van der Waals surface area (Å²) in [5.41, 5.74) is 8.69. The van der Waals surface area contributed by atoms with Crippen molar-refractivity contribution in [2.45, 2.75) is 13.1 Å². The number of anilines is 1. The summed E-state index contributed by atoms with van der Waals surface area (Å²) in [5, 5.41) is 2.84. The van der Waals surface area contributed by atoms with Crippen molar-refractivity contribution in [3.63, 3.8) is 0 Å². The van der Waals surface area contributed by atoms with Crippen molar-refractivity contribution in [3.05, 3.63) is 89.6 Å². The molecule has 4 rings (SSSR count). The summed E-state index contributed by atoms with van der Waals surface area (Å²) >= 11 is 0. The normalized spacial score (nSPS) is 14.0. The maximum atomic E-state index is 13.1. The van der Waals surface area contributed by atoms with Gasteiger partial charge in [0.15, 0.2) is 5.96 Å². The standard InChI is InChI=1S/C24H26FN5O2.HI/c25-20-6-8-21(9-7-20)29-10-12-30(13-11-29)24(26)28-16-18-3-1-4-19(15-18)23(31)27-17-22-5-2-14-32-22;/h1-9,14-15H,10-13,16-17H2,(H2,26,28)(H,27,31);1H. The monoisotopic (exact) mass is 563 g/mol. The number of carbonyl (C=O) groups excluding carboxylic acids is 1. The number of nitrogens with zero attached hydrogens (tertiary/aromatic N) is 3. The van der Waals surface area contributed by atoms with Gasteiger partial charge in [0.25, 0.3) is 5.91 Å². The van der Waals surface area contributed by atoms with Crippen LogP contribution in [0.1, 0.15) is 21.7 Å². The van der Waals surface area contributed by atoms with Crippen LogP contribution in [0.4, 0.5) is 10.1 Å². The number of piperazine rings is 1. The van der Waals surface area contributed by atoms with Crippen molar-refractivity contribution in [1.29, 1.82) is 0 Å². The predicted octanol–water partition coefficient (Wildman–Crippen LogP) is 3.60. The van der Waals surface area contributed by atoms with Crippen molar-refractivity contribution < 1.29 is 13.6 Å².